The first-order valence-corrected chi connectivity index (χ1v) is 5.70. The average Bonchev–Trinajstić information content (AvgIpc) is 2.67. The summed E-state index contributed by atoms with van der Waals surface area (Å²) in [5.74, 6) is 0.0975. The van der Waals surface area contributed by atoms with Crippen LogP contribution in [0.5, 0.6) is 0 Å². The topological polar surface area (TPSA) is 50.4 Å². The van der Waals surface area contributed by atoms with Crippen LogP contribution in [-0.2, 0) is 9.53 Å². The summed E-state index contributed by atoms with van der Waals surface area (Å²) in [6.07, 6.45) is 2.04. The molecule has 1 rings (SSSR count). The van der Waals surface area contributed by atoms with Crippen molar-refractivity contribution in [3.05, 3.63) is 0 Å². The fourth-order valence-electron chi connectivity index (χ4n) is 1.77. The molecule has 0 unspecified atom stereocenters. The zero-order valence-corrected chi connectivity index (χ0v) is 9.93. The number of amides is 1. The molecule has 2 N–H and O–H groups in total. The summed E-state index contributed by atoms with van der Waals surface area (Å²) in [6, 6.07) is 0.00225. The first-order chi connectivity index (χ1) is 7.05. The Balaban J connectivity index is 2.26. The van der Waals surface area contributed by atoms with E-state index in [1.807, 2.05) is 20.8 Å². The quantitative estimate of drug-likeness (QED) is 0.707. The standard InChI is InChI=1S/C11H22N2O2/c1-4-15-11(2,3)8-13-10(14)9-6-5-7-12-9/h9,12H,4-8H2,1-3H3,(H,13,14)/t9-/m0/s1. The molecular formula is C11H22N2O2. The lowest BCUT2D eigenvalue weighted by Crippen LogP contribution is -2.46. The predicted octanol–water partition coefficient (Wildman–Crippen LogP) is 0.670. The fourth-order valence-corrected chi connectivity index (χ4v) is 1.77. The van der Waals surface area contributed by atoms with Gasteiger partial charge in [-0.25, -0.2) is 0 Å². The molecule has 0 aliphatic carbocycles. The normalized spacial score (nSPS) is 21.7. The number of hydrogen-bond donors (Lipinski definition) is 2. The second kappa shape index (κ2) is 5.47. The van der Waals surface area contributed by atoms with Crippen molar-refractivity contribution >= 4 is 5.91 Å². The predicted molar refractivity (Wildman–Crippen MR) is 59.7 cm³/mol. The molecule has 1 amide bonds. The molecule has 1 heterocycles. The van der Waals surface area contributed by atoms with Gasteiger partial charge in [-0.15, -0.1) is 0 Å². The van der Waals surface area contributed by atoms with Crippen LogP contribution in [0.4, 0.5) is 0 Å². The van der Waals surface area contributed by atoms with E-state index in [-0.39, 0.29) is 17.6 Å². The molecule has 0 saturated carbocycles. The Labute approximate surface area is 91.8 Å². The van der Waals surface area contributed by atoms with Crippen molar-refractivity contribution in [2.24, 2.45) is 0 Å². The van der Waals surface area contributed by atoms with Crippen LogP contribution in [0.1, 0.15) is 33.6 Å². The summed E-state index contributed by atoms with van der Waals surface area (Å²) in [6.45, 7) is 8.12. The first kappa shape index (κ1) is 12.5. The minimum atomic E-state index is -0.275. The van der Waals surface area contributed by atoms with Crippen molar-refractivity contribution in [2.45, 2.75) is 45.3 Å². The number of rotatable bonds is 5. The smallest absolute Gasteiger partial charge is 0.237 e. The third-order valence-electron chi connectivity index (χ3n) is 2.60. The van der Waals surface area contributed by atoms with Gasteiger partial charge in [0.1, 0.15) is 0 Å². The molecule has 0 bridgehead atoms. The molecule has 15 heavy (non-hydrogen) atoms. The maximum Gasteiger partial charge on any atom is 0.237 e. The van der Waals surface area contributed by atoms with Crippen LogP contribution >= 0.6 is 0 Å². The van der Waals surface area contributed by atoms with Crippen LogP contribution in [0.3, 0.4) is 0 Å². The molecule has 4 heteroatoms. The van der Waals surface area contributed by atoms with E-state index >= 15 is 0 Å². The van der Waals surface area contributed by atoms with Crippen LogP contribution in [0, 0.1) is 0 Å². The molecular weight excluding hydrogens is 192 g/mol. The Kier molecular flexibility index (Phi) is 4.54. The molecule has 1 fully saturated rings. The van der Waals surface area contributed by atoms with Crippen molar-refractivity contribution in [1.29, 1.82) is 0 Å². The van der Waals surface area contributed by atoms with Gasteiger partial charge in [-0.05, 0) is 40.2 Å². The fraction of sp³-hybridized carbons (Fsp3) is 0.909. The Morgan fingerprint density at radius 3 is 2.87 bits per heavy atom. The van der Waals surface area contributed by atoms with Crippen molar-refractivity contribution in [2.75, 3.05) is 19.7 Å². The second-order valence-corrected chi connectivity index (χ2v) is 4.56. The third kappa shape index (κ3) is 4.18. The molecule has 0 aromatic heterocycles. The van der Waals surface area contributed by atoms with Gasteiger partial charge in [-0.2, -0.15) is 0 Å². The highest BCUT2D eigenvalue weighted by Gasteiger charge is 2.24. The van der Waals surface area contributed by atoms with Crippen molar-refractivity contribution in [1.82, 2.24) is 10.6 Å². The Hall–Kier alpha value is -0.610. The molecule has 1 aliphatic rings. The van der Waals surface area contributed by atoms with Crippen LogP contribution in [0.25, 0.3) is 0 Å². The van der Waals surface area contributed by atoms with Crippen molar-refractivity contribution in [3.63, 3.8) is 0 Å². The lowest BCUT2D eigenvalue weighted by molar-refractivity contribution is -0.124. The highest BCUT2D eigenvalue weighted by Crippen LogP contribution is 2.08. The van der Waals surface area contributed by atoms with E-state index in [4.69, 9.17) is 4.74 Å². The van der Waals surface area contributed by atoms with Crippen LogP contribution in [0.2, 0.25) is 0 Å². The number of nitrogens with one attached hydrogen (secondary N) is 2. The highest BCUT2D eigenvalue weighted by atomic mass is 16.5. The van der Waals surface area contributed by atoms with Gasteiger partial charge in [0.15, 0.2) is 0 Å². The van der Waals surface area contributed by atoms with Crippen molar-refractivity contribution < 1.29 is 9.53 Å². The van der Waals surface area contributed by atoms with Gasteiger partial charge in [0.05, 0.1) is 11.6 Å². The molecule has 0 spiro atoms. The van der Waals surface area contributed by atoms with E-state index in [0.29, 0.717) is 13.2 Å². The van der Waals surface area contributed by atoms with Crippen LogP contribution in [0.15, 0.2) is 0 Å². The number of hydrogen-bond acceptors (Lipinski definition) is 3. The summed E-state index contributed by atoms with van der Waals surface area (Å²) >= 11 is 0. The molecule has 88 valence electrons. The van der Waals surface area contributed by atoms with E-state index in [2.05, 4.69) is 10.6 Å². The molecule has 0 radical (unpaired) electrons. The molecule has 4 nitrogen and oxygen atoms in total. The zero-order chi connectivity index (χ0) is 11.3. The second-order valence-electron chi connectivity index (χ2n) is 4.56. The highest BCUT2D eigenvalue weighted by molar-refractivity contribution is 5.82. The third-order valence-corrected chi connectivity index (χ3v) is 2.60. The van der Waals surface area contributed by atoms with E-state index < -0.39 is 0 Å². The minimum absolute atomic E-state index is 0.00225. The summed E-state index contributed by atoms with van der Waals surface area (Å²) in [5, 5.41) is 6.09. The SMILES string of the molecule is CCOC(C)(C)CNC(=O)[C@@H]1CCCN1. The van der Waals surface area contributed by atoms with E-state index in [0.717, 1.165) is 19.4 Å². The maximum absolute atomic E-state index is 11.7. The molecule has 0 aromatic rings. The number of ether oxygens (including phenoxy) is 1. The van der Waals surface area contributed by atoms with Crippen molar-refractivity contribution in [3.8, 4) is 0 Å². The summed E-state index contributed by atoms with van der Waals surface area (Å²) in [5.41, 5.74) is -0.275. The first-order valence-electron chi connectivity index (χ1n) is 5.70. The van der Waals surface area contributed by atoms with Crippen LogP contribution < -0.4 is 10.6 Å². The van der Waals surface area contributed by atoms with E-state index in [1.165, 1.54) is 0 Å². The van der Waals surface area contributed by atoms with Gasteiger partial charge in [-0.1, -0.05) is 0 Å². The van der Waals surface area contributed by atoms with Gasteiger partial charge >= 0.3 is 0 Å². The van der Waals surface area contributed by atoms with E-state index in [1.54, 1.807) is 0 Å². The Morgan fingerprint density at radius 2 is 2.33 bits per heavy atom. The summed E-state index contributed by atoms with van der Waals surface area (Å²) < 4.78 is 5.51. The summed E-state index contributed by atoms with van der Waals surface area (Å²) in [7, 11) is 0. The monoisotopic (exact) mass is 214 g/mol. The molecule has 1 aliphatic heterocycles. The summed E-state index contributed by atoms with van der Waals surface area (Å²) in [4.78, 5) is 11.7. The number of carbonyl (C=O) groups is 1. The maximum atomic E-state index is 11.7. The van der Waals surface area contributed by atoms with Gasteiger partial charge in [0.25, 0.3) is 0 Å². The zero-order valence-electron chi connectivity index (χ0n) is 9.93. The molecule has 1 atom stereocenters. The Morgan fingerprint density at radius 1 is 1.60 bits per heavy atom. The lowest BCUT2D eigenvalue weighted by Gasteiger charge is -2.25. The average molecular weight is 214 g/mol. The number of carbonyl (C=O) groups excluding carboxylic acids is 1. The molecule has 1 saturated heterocycles. The molecule has 0 aromatic carbocycles. The Bertz CT molecular complexity index is 211. The van der Waals surface area contributed by atoms with Gasteiger partial charge in [0.2, 0.25) is 5.91 Å². The van der Waals surface area contributed by atoms with Crippen LogP contribution in [-0.4, -0.2) is 37.2 Å². The lowest BCUT2D eigenvalue weighted by atomic mass is 10.1. The van der Waals surface area contributed by atoms with Gasteiger partial charge in [0, 0.05) is 13.2 Å². The van der Waals surface area contributed by atoms with E-state index in [9.17, 15) is 4.79 Å². The minimum Gasteiger partial charge on any atom is -0.374 e. The van der Waals surface area contributed by atoms with Gasteiger partial charge in [-0.3, -0.25) is 4.79 Å². The van der Waals surface area contributed by atoms with Gasteiger partial charge < -0.3 is 15.4 Å². The largest absolute Gasteiger partial charge is 0.374 e.